The highest BCUT2D eigenvalue weighted by atomic mass is 32.2. The number of primary amides is 1. The first-order valence-electron chi connectivity index (χ1n) is 8.39. The number of aryl methyl sites for hydroxylation is 1. The Bertz CT molecular complexity index is 680. The van der Waals surface area contributed by atoms with Gasteiger partial charge in [-0.2, -0.15) is 4.31 Å². The van der Waals surface area contributed by atoms with Crippen LogP contribution < -0.4 is 10.5 Å². The summed E-state index contributed by atoms with van der Waals surface area (Å²) in [7, 11) is -3.55. The molecule has 0 aromatic heterocycles. The van der Waals surface area contributed by atoms with Crippen LogP contribution in [0, 0.1) is 12.8 Å². The molecule has 0 spiro atoms. The molecule has 0 saturated carbocycles. The second-order valence-electron chi connectivity index (χ2n) is 6.21. The van der Waals surface area contributed by atoms with Crippen molar-refractivity contribution in [1.29, 1.82) is 0 Å². The van der Waals surface area contributed by atoms with Crippen LogP contribution in [-0.4, -0.2) is 38.3 Å². The van der Waals surface area contributed by atoms with Crippen molar-refractivity contribution in [3.8, 4) is 5.75 Å². The fraction of sp³-hybridized carbons (Fsp3) is 0.588. The number of piperidine rings is 1. The number of hydrogen-bond acceptors (Lipinski definition) is 4. The van der Waals surface area contributed by atoms with E-state index in [1.165, 1.54) is 4.31 Å². The molecule has 0 atom stereocenters. The van der Waals surface area contributed by atoms with Crippen LogP contribution in [0.2, 0.25) is 0 Å². The summed E-state index contributed by atoms with van der Waals surface area (Å²) in [4.78, 5) is 11.5. The van der Waals surface area contributed by atoms with Crippen molar-refractivity contribution in [3.05, 3.63) is 23.8 Å². The molecule has 1 aromatic carbocycles. The Labute approximate surface area is 144 Å². The minimum Gasteiger partial charge on any atom is -0.493 e. The van der Waals surface area contributed by atoms with Gasteiger partial charge in [-0.25, -0.2) is 8.42 Å². The van der Waals surface area contributed by atoms with Crippen LogP contribution in [0.25, 0.3) is 0 Å². The van der Waals surface area contributed by atoms with Crippen molar-refractivity contribution < 1.29 is 17.9 Å². The largest absolute Gasteiger partial charge is 0.493 e. The summed E-state index contributed by atoms with van der Waals surface area (Å²) in [5.74, 6) is 0.138. The third-order valence-corrected chi connectivity index (χ3v) is 6.29. The Balaban J connectivity index is 2.09. The van der Waals surface area contributed by atoms with Crippen LogP contribution in [0.5, 0.6) is 5.75 Å². The molecule has 0 aliphatic carbocycles. The number of carbonyl (C=O) groups excluding carboxylic acids is 1. The van der Waals surface area contributed by atoms with E-state index in [1.807, 2.05) is 6.92 Å². The van der Waals surface area contributed by atoms with Crippen molar-refractivity contribution in [2.24, 2.45) is 11.7 Å². The van der Waals surface area contributed by atoms with Gasteiger partial charge in [0, 0.05) is 19.0 Å². The van der Waals surface area contributed by atoms with Gasteiger partial charge in [0.15, 0.2) is 0 Å². The average Bonchev–Trinajstić information content (AvgIpc) is 2.56. The molecule has 2 N–H and O–H groups in total. The quantitative estimate of drug-likeness (QED) is 0.759. The number of sulfonamides is 1. The highest BCUT2D eigenvalue weighted by Gasteiger charge is 2.31. The highest BCUT2D eigenvalue weighted by molar-refractivity contribution is 7.89. The molecular weight excluding hydrogens is 328 g/mol. The summed E-state index contributed by atoms with van der Waals surface area (Å²) >= 11 is 0. The fourth-order valence-corrected chi connectivity index (χ4v) is 4.36. The summed E-state index contributed by atoms with van der Waals surface area (Å²) in [6.07, 6.45) is 2.97. The predicted molar refractivity (Wildman–Crippen MR) is 92.3 cm³/mol. The van der Waals surface area contributed by atoms with Gasteiger partial charge < -0.3 is 10.5 Å². The Morgan fingerprint density at radius 3 is 2.54 bits per heavy atom. The van der Waals surface area contributed by atoms with E-state index < -0.39 is 10.0 Å². The van der Waals surface area contributed by atoms with Gasteiger partial charge >= 0.3 is 0 Å². The molecule has 2 rings (SSSR count). The first kappa shape index (κ1) is 18.7. The molecule has 0 unspecified atom stereocenters. The van der Waals surface area contributed by atoms with Crippen LogP contribution in [0.15, 0.2) is 23.1 Å². The first-order chi connectivity index (χ1) is 11.4. The molecule has 1 amide bonds. The number of nitrogens with two attached hydrogens (primary N) is 1. The van der Waals surface area contributed by atoms with Gasteiger partial charge in [-0.3, -0.25) is 4.79 Å². The van der Waals surface area contributed by atoms with Crippen molar-refractivity contribution in [2.75, 3.05) is 19.7 Å². The molecule has 1 aliphatic heterocycles. The van der Waals surface area contributed by atoms with Gasteiger partial charge in [0.1, 0.15) is 5.75 Å². The molecule has 6 nitrogen and oxygen atoms in total. The summed E-state index contributed by atoms with van der Waals surface area (Å²) in [6, 6.07) is 4.95. The van der Waals surface area contributed by atoms with Crippen molar-refractivity contribution in [2.45, 2.75) is 44.4 Å². The number of unbranched alkanes of at least 4 members (excludes halogenated alkanes) is 1. The zero-order chi connectivity index (χ0) is 17.7. The van der Waals surface area contributed by atoms with Gasteiger partial charge in [0.25, 0.3) is 0 Å². The van der Waals surface area contributed by atoms with Gasteiger partial charge in [0.05, 0.1) is 11.5 Å². The third-order valence-electron chi connectivity index (χ3n) is 4.40. The third kappa shape index (κ3) is 4.27. The summed E-state index contributed by atoms with van der Waals surface area (Å²) in [5, 5.41) is 0. The van der Waals surface area contributed by atoms with Crippen LogP contribution in [0.4, 0.5) is 0 Å². The van der Waals surface area contributed by atoms with E-state index in [-0.39, 0.29) is 16.7 Å². The molecule has 7 heteroatoms. The number of nitrogens with zero attached hydrogens (tertiary/aromatic N) is 1. The molecule has 1 aromatic rings. The molecule has 1 fully saturated rings. The maximum atomic E-state index is 12.8. The Morgan fingerprint density at radius 1 is 1.33 bits per heavy atom. The highest BCUT2D eigenvalue weighted by Crippen LogP contribution is 2.27. The molecule has 1 aliphatic rings. The zero-order valence-electron chi connectivity index (χ0n) is 14.3. The van der Waals surface area contributed by atoms with Gasteiger partial charge in [-0.15, -0.1) is 0 Å². The minimum absolute atomic E-state index is 0.229. The van der Waals surface area contributed by atoms with Gasteiger partial charge in [-0.1, -0.05) is 13.3 Å². The minimum atomic E-state index is -3.55. The fourth-order valence-electron chi connectivity index (χ4n) is 2.80. The number of amides is 1. The monoisotopic (exact) mass is 354 g/mol. The molecule has 1 heterocycles. The lowest BCUT2D eigenvalue weighted by Gasteiger charge is -2.29. The number of benzene rings is 1. The van der Waals surface area contributed by atoms with E-state index in [0.29, 0.717) is 32.5 Å². The topological polar surface area (TPSA) is 89.7 Å². The lowest BCUT2D eigenvalue weighted by molar-refractivity contribution is -0.122. The number of carbonyl (C=O) groups is 1. The normalized spacial score (nSPS) is 16.9. The Hall–Kier alpha value is -1.60. The van der Waals surface area contributed by atoms with Crippen molar-refractivity contribution >= 4 is 15.9 Å². The zero-order valence-corrected chi connectivity index (χ0v) is 15.1. The maximum absolute atomic E-state index is 12.8. The van der Waals surface area contributed by atoms with Crippen LogP contribution >= 0.6 is 0 Å². The molecule has 0 radical (unpaired) electrons. The average molecular weight is 354 g/mol. The summed E-state index contributed by atoms with van der Waals surface area (Å²) < 4.78 is 32.6. The lowest BCUT2D eigenvalue weighted by Crippen LogP contribution is -2.41. The van der Waals surface area contributed by atoms with E-state index in [2.05, 4.69) is 6.92 Å². The molecule has 24 heavy (non-hydrogen) atoms. The standard InChI is InChI=1S/C17H26N2O4S/c1-3-4-11-23-16-6-5-15(12-13(16)2)24(21,22)19-9-7-14(8-10-19)17(18)20/h5-6,12,14H,3-4,7-11H2,1-2H3,(H2,18,20). The smallest absolute Gasteiger partial charge is 0.243 e. The van der Waals surface area contributed by atoms with Crippen molar-refractivity contribution in [1.82, 2.24) is 4.31 Å². The van der Waals surface area contributed by atoms with Crippen LogP contribution in [0.3, 0.4) is 0 Å². The molecule has 134 valence electrons. The van der Waals surface area contributed by atoms with E-state index in [9.17, 15) is 13.2 Å². The molecule has 0 bridgehead atoms. The summed E-state index contributed by atoms with van der Waals surface area (Å²) in [6.45, 7) is 5.21. The Morgan fingerprint density at radius 2 is 2.00 bits per heavy atom. The van der Waals surface area contributed by atoms with Gasteiger partial charge in [0.2, 0.25) is 15.9 Å². The number of rotatable bonds is 7. The second kappa shape index (κ2) is 7.98. The van der Waals surface area contributed by atoms with Gasteiger partial charge in [-0.05, 0) is 49.9 Å². The second-order valence-corrected chi connectivity index (χ2v) is 8.15. The van der Waals surface area contributed by atoms with E-state index in [1.54, 1.807) is 18.2 Å². The summed E-state index contributed by atoms with van der Waals surface area (Å²) in [5.41, 5.74) is 6.10. The van der Waals surface area contributed by atoms with Crippen LogP contribution in [0.1, 0.15) is 38.2 Å². The maximum Gasteiger partial charge on any atom is 0.243 e. The van der Waals surface area contributed by atoms with E-state index >= 15 is 0 Å². The van der Waals surface area contributed by atoms with Crippen molar-refractivity contribution in [3.63, 3.8) is 0 Å². The molecular formula is C17H26N2O4S. The lowest BCUT2D eigenvalue weighted by atomic mass is 9.98. The predicted octanol–water partition coefficient (Wildman–Crippen LogP) is 2.06. The SMILES string of the molecule is CCCCOc1ccc(S(=O)(=O)N2CCC(C(N)=O)CC2)cc1C. The number of ether oxygens (including phenoxy) is 1. The first-order valence-corrected chi connectivity index (χ1v) is 9.83. The van der Waals surface area contributed by atoms with Crippen LogP contribution in [-0.2, 0) is 14.8 Å². The molecule has 1 saturated heterocycles. The van der Waals surface area contributed by atoms with E-state index in [0.717, 1.165) is 24.2 Å². The Kier molecular flexibility index (Phi) is 6.23. The number of hydrogen-bond donors (Lipinski definition) is 1. The van der Waals surface area contributed by atoms with E-state index in [4.69, 9.17) is 10.5 Å².